The summed E-state index contributed by atoms with van der Waals surface area (Å²) in [5, 5.41) is 0. The molecule has 0 bridgehead atoms. The van der Waals surface area contributed by atoms with E-state index in [0.29, 0.717) is 24.5 Å². The standard InChI is InChI=1S/C22H33NO.C2H6/c1-7-12-13-15-18(6)19(17-22(24)11-5)16-21(10-4)23-20(9-3)14-8-2;1-2/h4,8,14,17-18H,2,7,9,11-13,15-16H2,1,3,5-6H3;1-2H3/b19-17-,20-14-,23-21?;. The van der Waals surface area contributed by atoms with Gasteiger partial charge in [-0.3, -0.25) is 4.79 Å². The van der Waals surface area contributed by atoms with Gasteiger partial charge in [0, 0.05) is 18.5 Å². The van der Waals surface area contributed by atoms with E-state index in [1.54, 1.807) is 12.2 Å². The lowest BCUT2D eigenvalue weighted by Gasteiger charge is -2.16. The van der Waals surface area contributed by atoms with Crippen LogP contribution in [-0.4, -0.2) is 11.5 Å². The van der Waals surface area contributed by atoms with E-state index in [2.05, 4.69) is 31.3 Å². The minimum atomic E-state index is 0.154. The lowest BCUT2D eigenvalue weighted by molar-refractivity contribution is -0.114. The SMILES string of the molecule is C#CC(C/C(=C/C(=O)CC)C(C)CCCCC)=N/C(=C\C=C)CC.CC. The van der Waals surface area contributed by atoms with E-state index in [1.165, 1.54) is 19.3 Å². The van der Waals surface area contributed by atoms with Crippen molar-refractivity contribution in [1.82, 2.24) is 0 Å². The molecular weight excluding hydrogens is 318 g/mol. The molecule has 1 unspecified atom stereocenters. The first kappa shape index (κ1) is 26.4. The number of ketones is 1. The molecule has 0 saturated carbocycles. The Bertz CT molecular complexity index is 529. The van der Waals surface area contributed by atoms with Gasteiger partial charge in [0.25, 0.3) is 0 Å². The summed E-state index contributed by atoms with van der Waals surface area (Å²) < 4.78 is 0. The van der Waals surface area contributed by atoms with E-state index in [0.717, 1.165) is 24.1 Å². The number of hydrogen-bond donors (Lipinski definition) is 0. The van der Waals surface area contributed by atoms with Gasteiger partial charge in [-0.2, -0.15) is 0 Å². The highest BCUT2D eigenvalue weighted by molar-refractivity contribution is 6.02. The maximum absolute atomic E-state index is 11.9. The molecule has 0 N–H and O–H groups in total. The molecule has 146 valence electrons. The Kier molecular flexibility index (Phi) is 18.2. The van der Waals surface area contributed by atoms with Gasteiger partial charge in [0.1, 0.15) is 0 Å². The number of unbranched alkanes of at least 4 members (excludes halogenated alkanes) is 2. The fraction of sp³-hybridized carbons (Fsp3) is 0.583. The van der Waals surface area contributed by atoms with Gasteiger partial charge >= 0.3 is 0 Å². The van der Waals surface area contributed by atoms with Crippen LogP contribution in [0.2, 0.25) is 0 Å². The molecular formula is C24H39NO. The fourth-order valence-corrected chi connectivity index (χ4v) is 2.42. The molecule has 0 aromatic carbocycles. The van der Waals surface area contributed by atoms with Crippen molar-refractivity contribution in [2.24, 2.45) is 10.9 Å². The van der Waals surface area contributed by atoms with Crippen molar-refractivity contribution in [1.29, 1.82) is 0 Å². The van der Waals surface area contributed by atoms with Crippen molar-refractivity contribution >= 4 is 11.5 Å². The second kappa shape index (κ2) is 17.9. The maximum atomic E-state index is 11.9. The predicted molar refractivity (Wildman–Crippen MR) is 117 cm³/mol. The van der Waals surface area contributed by atoms with Gasteiger partial charge in [-0.1, -0.05) is 85.0 Å². The van der Waals surface area contributed by atoms with Crippen molar-refractivity contribution in [2.45, 2.75) is 86.5 Å². The Labute approximate surface area is 162 Å². The Morgan fingerprint density at radius 2 is 1.85 bits per heavy atom. The van der Waals surface area contributed by atoms with Gasteiger partial charge in [-0.05, 0) is 30.9 Å². The van der Waals surface area contributed by atoms with Crippen molar-refractivity contribution in [3.8, 4) is 12.3 Å². The summed E-state index contributed by atoms with van der Waals surface area (Å²) in [7, 11) is 0. The lowest BCUT2D eigenvalue weighted by atomic mass is 9.90. The molecule has 0 aliphatic carbocycles. The zero-order valence-corrected chi connectivity index (χ0v) is 17.9. The van der Waals surface area contributed by atoms with Crippen LogP contribution in [0.5, 0.6) is 0 Å². The molecule has 0 aromatic heterocycles. The van der Waals surface area contributed by atoms with Crippen molar-refractivity contribution in [3.63, 3.8) is 0 Å². The summed E-state index contributed by atoms with van der Waals surface area (Å²) in [5.41, 5.74) is 2.70. The third kappa shape index (κ3) is 12.5. The van der Waals surface area contributed by atoms with Crippen molar-refractivity contribution in [3.05, 3.63) is 36.1 Å². The van der Waals surface area contributed by atoms with E-state index >= 15 is 0 Å². The first-order valence-corrected chi connectivity index (χ1v) is 10.1. The van der Waals surface area contributed by atoms with Gasteiger partial charge < -0.3 is 0 Å². The number of hydrogen-bond acceptors (Lipinski definition) is 2. The highest BCUT2D eigenvalue weighted by atomic mass is 16.1. The van der Waals surface area contributed by atoms with Crippen LogP contribution < -0.4 is 0 Å². The Morgan fingerprint density at radius 3 is 2.31 bits per heavy atom. The minimum absolute atomic E-state index is 0.154. The molecule has 2 heteroatoms. The predicted octanol–water partition coefficient (Wildman–Crippen LogP) is 7.08. The lowest BCUT2D eigenvalue weighted by Crippen LogP contribution is -2.08. The largest absolute Gasteiger partial charge is 0.295 e. The molecule has 0 saturated heterocycles. The van der Waals surface area contributed by atoms with Gasteiger partial charge in [-0.15, -0.1) is 6.42 Å². The van der Waals surface area contributed by atoms with Gasteiger partial charge in [0.05, 0.1) is 5.71 Å². The van der Waals surface area contributed by atoms with Crippen molar-refractivity contribution in [2.75, 3.05) is 0 Å². The van der Waals surface area contributed by atoms with Gasteiger partial charge in [-0.25, -0.2) is 4.99 Å². The molecule has 0 rings (SSSR count). The van der Waals surface area contributed by atoms with Gasteiger partial charge in [0.2, 0.25) is 0 Å². The summed E-state index contributed by atoms with van der Waals surface area (Å²) in [4.78, 5) is 16.5. The smallest absolute Gasteiger partial charge is 0.155 e. The maximum Gasteiger partial charge on any atom is 0.155 e. The second-order valence-corrected chi connectivity index (χ2v) is 6.06. The topological polar surface area (TPSA) is 29.4 Å². The number of aliphatic imine (C=N–C) groups is 1. The van der Waals surface area contributed by atoms with Crippen LogP contribution in [-0.2, 0) is 4.79 Å². The highest BCUT2D eigenvalue weighted by Crippen LogP contribution is 2.22. The van der Waals surface area contributed by atoms with Crippen LogP contribution in [0, 0.1) is 18.3 Å². The quantitative estimate of drug-likeness (QED) is 0.121. The van der Waals surface area contributed by atoms with Gasteiger partial charge in [0.15, 0.2) is 5.78 Å². The molecule has 0 fully saturated rings. The van der Waals surface area contributed by atoms with E-state index in [4.69, 9.17) is 6.42 Å². The molecule has 0 spiro atoms. The molecule has 0 heterocycles. The summed E-state index contributed by atoms with van der Waals surface area (Å²) in [6.45, 7) is 16.0. The molecule has 0 aliphatic heterocycles. The second-order valence-electron chi connectivity index (χ2n) is 6.06. The molecule has 0 amide bonds. The average molecular weight is 358 g/mol. The number of allylic oxidation sites excluding steroid dienone is 5. The zero-order valence-electron chi connectivity index (χ0n) is 17.9. The number of terminal acetylenes is 1. The normalized spacial score (nSPS) is 13.3. The average Bonchev–Trinajstić information content (AvgIpc) is 2.67. The summed E-state index contributed by atoms with van der Waals surface area (Å²) in [5.74, 6) is 3.19. The molecule has 1 atom stereocenters. The Morgan fingerprint density at radius 1 is 1.19 bits per heavy atom. The molecule has 2 nitrogen and oxygen atoms in total. The van der Waals surface area contributed by atoms with Crippen LogP contribution in [0.15, 0.2) is 41.1 Å². The van der Waals surface area contributed by atoms with E-state index in [-0.39, 0.29) is 5.78 Å². The Balaban J connectivity index is 0. The molecule has 26 heavy (non-hydrogen) atoms. The molecule has 0 radical (unpaired) electrons. The third-order valence-electron chi connectivity index (χ3n) is 4.06. The van der Waals surface area contributed by atoms with Crippen LogP contribution >= 0.6 is 0 Å². The van der Waals surface area contributed by atoms with Crippen molar-refractivity contribution < 1.29 is 4.79 Å². The Hall–Kier alpha value is -1.88. The number of carbonyl (C=O) groups excluding carboxylic acids is 1. The van der Waals surface area contributed by atoms with Crippen LogP contribution in [0.4, 0.5) is 0 Å². The van der Waals surface area contributed by atoms with E-state index < -0.39 is 0 Å². The third-order valence-corrected chi connectivity index (χ3v) is 4.06. The monoisotopic (exact) mass is 357 g/mol. The first-order chi connectivity index (χ1) is 12.5. The molecule has 0 aromatic rings. The fourth-order valence-electron chi connectivity index (χ4n) is 2.42. The summed E-state index contributed by atoms with van der Waals surface area (Å²) in [6.07, 6.45) is 17.6. The minimum Gasteiger partial charge on any atom is -0.295 e. The number of rotatable bonds is 12. The highest BCUT2D eigenvalue weighted by Gasteiger charge is 2.13. The zero-order chi connectivity index (χ0) is 20.4. The molecule has 0 aliphatic rings. The summed E-state index contributed by atoms with van der Waals surface area (Å²) >= 11 is 0. The van der Waals surface area contributed by atoms with E-state index in [9.17, 15) is 4.79 Å². The van der Waals surface area contributed by atoms with Crippen LogP contribution in [0.1, 0.15) is 86.5 Å². The van der Waals surface area contributed by atoms with E-state index in [1.807, 2.05) is 33.8 Å². The number of nitrogens with zero attached hydrogens (tertiary/aromatic N) is 1. The number of carbonyl (C=O) groups is 1. The van der Waals surface area contributed by atoms with Crippen LogP contribution in [0.3, 0.4) is 0 Å². The summed E-state index contributed by atoms with van der Waals surface area (Å²) in [6, 6.07) is 0. The van der Waals surface area contributed by atoms with Crippen LogP contribution in [0.25, 0.3) is 0 Å². The first-order valence-electron chi connectivity index (χ1n) is 10.1.